The van der Waals surface area contributed by atoms with E-state index < -0.39 is 5.54 Å². The average molecular weight is 237 g/mol. The summed E-state index contributed by atoms with van der Waals surface area (Å²) in [7, 11) is 0. The molecule has 0 fully saturated rings. The van der Waals surface area contributed by atoms with Gasteiger partial charge in [-0.2, -0.15) is 0 Å². The van der Waals surface area contributed by atoms with E-state index in [1.807, 2.05) is 24.3 Å². The first-order valence-electron chi connectivity index (χ1n) is 5.61. The van der Waals surface area contributed by atoms with Crippen molar-refractivity contribution in [1.82, 2.24) is 9.97 Å². The Morgan fingerprint density at radius 1 is 1.00 bits per heavy atom. The Bertz CT molecular complexity index is 591. The van der Waals surface area contributed by atoms with Crippen LogP contribution in [0.4, 0.5) is 0 Å². The van der Waals surface area contributed by atoms with Crippen molar-refractivity contribution in [2.45, 2.75) is 5.54 Å². The zero-order valence-electron chi connectivity index (χ0n) is 9.56. The van der Waals surface area contributed by atoms with Gasteiger partial charge in [0, 0.05) is 18.6 Å². The predicted octanol–water partition coefficient (Wildman–Crippen LogP) is 2.07. The molecule has 0 saturated heterocycles. The lowest BCUT2D eigenvalue weighted by atomic mass is 9.90. The summed E-state index contributed by atoms with van der Waals surface area (Å²) >= 11 is 0. The number of hydrogen-bond acceptors (Lipinski definition) is 4. The van der Waals surface area contributed by atoms with Crippen molar-refractivity contribution in [2.24, 2.45) is 4.99 Å². The van der Waals surface area contributed by atoms with Gasteiger partial charge in [0.1, 0.15) is 5.75 Å². The topological polar surface area (TPSA) is 58.4 Å². The quantitative estimate of drug-likeness (QED) is 0.869. The average Bonchev–Trinajstić information content (AvgIpc) is 2.91. The fourth-order valence-electron chi connectivity index (χ4n) is 2.03. The predicted molar refractivity (Wildman–Crippen MR) is 68.6 cm³/mol. The third-order valence-electron chi connectivity index (χ3n) is 2.92. The first kappa shape index (κ1) is 10.7. The number of hydrogen-bond donors (Lipinski definition) is 1. The largest absolute Gasteiger partial charge is 0.508 e. The molecule has 1 N–H and O–H groups in total. The molecule has 4 heteroatoms. The highest BCUT2D eigenvalue weighted by atomic mass is 16.3. The van der Waals surface area contributed by atoms with Gasteiger partial charge in [0.25, 0.3) is 0 Å². The Balaban J connectivity index is 2.17. The van der Waals surface area contributed by atoms with Crippen LogP contribution in [0.25, 0.3) is 0 Å². The van der Waals surface area contributed by atoms with Crippen molar-refractivity contribution < 1.29 is 5.11 Å². The standard InChI is InChI=1S/C14H11N3O/c18-12-5-3-11(4-6-12)14(7-1-10-17-14)13-15-8-2-9-16-13/h1-10,18H. The van der Waals surface area contributed by atoms with Crippen LogP contribution in [0.2, 0.25) is 0 Å². The Morgan fingerprint density at radius 3 is 2.33 bits per heavy atom. The van der Waals surface area contributed by atoms with Crippen LogP contribution in [-0.2, 0) is 5.54 Å². The Morgan fingerprint density at radius 2 is 1.72 bits per heavy atom. The van der Waals surface area contributed by atoms with Crippen molar-refractivity contribution >= 4 is 6.21 Å². The van der Waals surface area contributed by atoms with E-state index in [-0.39, 0.29) is 5.75 Å². The van der Waals surface area contributed by atoms with Crippen LogP contribution in [0.15, 0.2) is 59.9 Å². The Hall–Kier alpha value is -2.49. The van der Waals surface area contributed by atoms with Crippen LogP contribution >= 0.6 is 0 Å². The maximum Gasteiger partial charge on any atom is 0.164 e. The van der Waals surface area contributed by atoms with Crippen molar-refractivity contribution in [1.29, 1.82) is 0 Å². The van der Waals surface area contributed by atoms with Gasteiger partial charge in [-0.1, -0.05) is 12.1 Å². The molecule has 1 atom stereocenters. The molecule has 2 heterocycles. The molecule has 1 unspecified atom stereocenters. The van der Waals surface area contributed by atoms with Gasteiger partial charge < -0.3 is 5.11 Å². The Labute approximate surface area is 104 Å². The maximum atomic E-state index is 9.37. The smallest absolute Gasteiger partial charge is 0.164 e. The molecule has 1 aromatic carbocycles. The molecule has 0 radical (unpaired) electrons. The molecule has 0 saturated carbocycles. The molecule has 1 aliphatic rings. The third-order valence-corrected chi connectivity index (χ3v) is 2.92. The summed E-state index contributed by atoms with van der Waals surface area (Å²) in [6.45, 7) is 0. The molecule has 0 aliphatic carbocycles. The summed E-state index contributed by atoms with van der Waals surface area (Å²) in [5, 5.41) is 9.37. The summed E-state index contributed by atoms with van der Waals surface area (Å²) in [5.74, 6) is 0.856. The number of allylic oxidation sites excluding steroid dienone is 1. The Kier molecular flexibility index (Phi) is 2.41. The van der Waals surface area contributed by atoms with Gasteiger partial charge in [-0.15, -0.1) is 0 Å². The number of aromatic hydroxyl groups is 1. The second-order valence-electron chi connectivity index (χ2n) is 4.02. The lowest BCUT2D eigenvalue weighted by Crippen LogP contribution is -2.23. The number of aromatic nitrogens is 2. The molecule has 1 aromatic heterocycles. The minimum absolute atomic E-state index is 0.230. The minimum atomic E-state index is -0.672. The van der Waals surface area contributed by atoms with E-state index in [0.29, 0.717) is 5.82 Å². The number of phenols is 1. The highest BCUT2D eigenvalue weighted by molar-refractivity contribution is 5.77. The van der Waals surface area contributed by atoms with E-state index in [1.165, 1.54) is 0 Å². The van der Waals surface area contributed by atoms with Gasteiger partial charge in [0.15, 0.2) is 11.4 Å². The molecule has 2 aromatic rings. The normalized spacial score (nSPS) is 21.3. The molecule has 88 valence electrons. The van der Waals surface area contributed by atoms with E-state index in [4.69, 9.17) is 0 Å². The number of aliphatic imine (C=N–C) groups is 1. The summed E-state index contributed by atoms with van der Waals surface area (Å²) in [4.78, 5) is 13.1. The zero-order chi connectivity index (χ0) is 12.4. The number of benzene rings is 1. The second kappa shape index (κ2) is 4.07. The van der Waals surface area contributed by atoms with Crippen LogP contribution in [0, 0.1) is 0 Å². The van der Waals surface area contributed by atoms with Crippen molar-refractivity contribution in [3.63, 3.8) is 0 Å². The maximum absolute atomic E-state index is 9.37. The fraction of sp³-hybridized carbons (Fsp3) is 0.0714. The molecule has 0 bridgehead atoms. The van der Waals surface area contributed by atoms with Gasteiger partial charge in [-0.05, 0) is 35.9 Å². The van der Waals surface area contributed by atoms with Crippen LogP contribution in [0.3, 0.4) is 0 Å². The van der Waals surface area contributed by atoms with Gasteiger partial charge in [0.2, 0.25) is 0 Å². The van der Waals surface area contributed by atoms with E-state index in [0.717, 1.165) is 5.56 Å². The molecular weight excluding hydrogens is 226 g/mol. The number of phenolic OH excluding ortho intramolecular Hbond substituents is 1. The van der Waals surface area contributed by atoms with E-state index >= 15 is 0 Å². The third kappa shape index (κ3) is 1.59. The SMILES string of the molecule is Oc1ccc(C2(c3ncccn3)C=CC=N2)cc1. The summed E-state index contributed by atoms with van der Waals surface area (Å²) in [6, 6.07) is 8.72. The van der Waals surface area contributed by atoms with Crippen molar-refractivity contribution in [2.75, 3.05) is 0 Å². The molecular formula is C14H11N3O. The highest BCUT2D eigenvalue weighted by Gasteiger charge is 2.35. The summed E-state index contributed by atoms with van der Waals surface area (Å²) in [6.07, 6.45) is 8.97. The second-order valence-corrected chi connectivity index (χ2v) is 4.02. The van der Waals surface area contributed by atoms with Crippen molar-refractivity contribution in [3.05, 3.63) is 66.3 Å². The highest BCUT2D eigenvalue weighted by Crippen LogP contribution is 2.35. The monoisotopic (exact) mass is 237 g/mol. The molecule has 18 heavy (non-hydrogen) atoms. The first-order valence-corrected chi connectivity index (χ1v) is 5.61. The minimum Gasteiger partial charge on any atom is -0.508 e. The summed E-state index contributed by atoms with van der Waals surface area (Å²) < 4.78 is 0. The molecule has 4 nitrogen and oxygen atoms in total. The molecule has 1 aliphatic heterocycles. The van der Waals surface area contributed by atoms with Crippen molar-refractivity contribution in [3.8, 4) is 5.75 Å². The van der Waals surface area contributed by atoms with Crippen LogP contribution in [0.1, 0.15) is 11.4 Å². The lowest BCUT2D eigenvalue weighted by molar-refractivity contribution is 0.474. The molecule has 0 spiro atoms. The van der Waals surface area contributed by atoms with E-state index in [2.05, 4.69) is 15.0 Å². The summed E-state index contributed by atoms with van der Waals surface area (Å²) in [5.41, 5.74) is 0.256. The van der Waals surface area contributed by atoms with Crippen LogP contribution in [0.5, 0.6) is 5.75 Å². The van der Waals surface area contributed by atoms with E-state index in [9.17, 15) is 5.11 Å². The fourth-order valence-corrected chi connectivity index (χ4v) is 2.03. The molecule has 3 rings (SSSR count). The van der Waals surface area contributed by atoms with Crippen LogP contribution < -0.4 is 0 Å². The first-order chi connectivity index (χ1) is 8.81. The van der Waals surface area contributed by atoms with Gasteiger partial charge >= 0.3 is 0 Å². The van der Waals surface area contributed by atoms with Gasteiger partial charge in [-0.3, -0.25) is 4.99 Å². The zero-order valence-corrected chi connectivity index (χ0v) is 9.56. The number of nitrogens with zero attached hydrogens (tertiary/aromatic N) is 3. The lowest BCUT2D eigenvalue weighted by Gasteiger charge is -2.22. The molecule has 0 amide bonds. The number of rotatable bonds is 2. The van der Waals surface area contributed by atoms with Crippen LogP contribution in [-0.4, -0.2) is 21.3 Å². The van der Waals surface area contributed by atoms with Gasteiger partial charge in [-0.25, -0.2) is 9.97 Å². The van der Waals surface area contributed by atoms with Gasteiger partial charge in [0.05, 0.1) is 0 Å². The van der Waals surface area contributed by atoms with E-state index in [1.54, 1.807) is 36.8 Å².